The van der Waals surface area contributed by atoms with Gasteiger partial charge >= 0.3 is 6.03 Å². The van der Waals surface area contributed by atoms with Crippen LogP contribution in [0.2, 0.25) is 0 Å². The Bertz CT molecular complexity index is 716. The fourth-order valence-corrected chi connectivity index (χ4v) is 4.32. The zero-order chi connectivity index (χ0) is 17.6. The van der Waals surface area contributed by atoms with Crippen LogP contribution in [0.25, 0.3) is 0 Å². The second-order valence-electron chi connectivity index (χ2n) is 6.88. The molecule has 2 heterocycles. The molecule has 1 aliphatic heterocycles. The summed E-state index contributed by atoms with van der Waals surface area (Å²) < 4.78 is 0. The van der Waals surface area contributed by atoms with Crippen LogP contribution in [-0.4, -0.2) is 33.9 Å². The van der Waals surface area contributed by atoms with Crippen molar-refractivity contribution < 1.29 is 14.4 Å². The Morgan fingerprint density at radius 1 is 1.16 bits per heavy atom. The number of aromatic nitrogens is 1. The summed E-state index contributed by atoms with van der Waals surface area (Å²) >= 11 is 0. The van der Waals surface area contributed by atoms with Crippen LogP contribution in [0.5, 0.6) is 0 Å². The predicted octanol–water partition coefficient (Wildman–Crippen LogP) is 1.75. The lowest BCUT2D eigenvalue weighted by Gasteiger charge is -2.38. The lowest BCUT2D eigenvalue weighted by Crippen LogP contribution is -2.50. The number of amides is 4. The fraction of sp³-hybridized carbons (Fsp3) is 0.444. The lowest BCUT2D eigenvalue weighted by molar-refractivity contribution is -0.142. The number of nitrogens with zero attached hydrogens (tertiary/aromatic N) is 2. The highest BCUT2D eigenvalue weighted by atomic mass is 16.2. The number of urea groups is 1. The third-order valence-corrected chi connectivity index (χ3v) is 5.43. The van der Waals surface area contributed by atoms with E-state index in [0.717, 1.165) is 12.8 Å². The third-order valence-electron chi connectivity index (χ3n) is 5.43. The van der Waals surface area contributed by atoms with Crippen molar-refractivity contribution in [1.29, 1.82) is 0 Å². The molecule has 4 aliphatic rings. The summed E-state index contributed by atoms with van der Waals surface area (Å²) in [5.74, 6) is -0.169. The standard InChI is InChI=1S/C18H20N4O3/c1-10(20-18(25)21-13-4-2-3-9-19-13)22-16(23)14-11-5-6-12(8-7-11)15(14)17(22)24/h2-6,9-12,14-15H,7-8H2,1H3,(H2,19,20,21,25)/t10-,11+,12+,14-,15-/m1/s1. The van der Waals surface area contributed by atoms with E-state index in [1.54, 1.807) is 31.3 Å². The Morgan fingerprint density at radius 2 is 1.80 bits per heavy atom. The molecule has 0 aromatic carbocycles. The molecule has 1 aromatic heterocycles. The largest absolute Gasteiger partial charge is 0.322 e. The number of rotatable bonds is 3. The molecular formula is C18H20N4O3. The van der Waals surface area contributed by atoms with Crippen molar-refractivity contribution >= 4 is 23.7 Å². The maximum Gasteiger partial charge on any atom is 0.322 e. The van der Waals surface area contributed by atoms with Crippen molar-refractivity contribution in [1.82, 2.24) is 15.2 Å². The van der Waals surface area contributed by atoms with Gasteiger partial charge in [0.2, 0.25) is 11.8 Å². The SMILES string of the molecule is C[C@H](NC(=O)Nc1ccccn1)N1C(=O)[C@H]2[C@H](C1=O)[C@H]1C=C[C@H]2CC1. The fourth-order valence-electron chi connectivity index (χ4n) is 4.32. The van der Waals surface area contributed by atoms with Crippen molar-refractivity contribution in [2.24, 2.45) is 23.7 Å². The molecule has 7 nitrogen and oxygen atoms in total. The topological polar surface area (TPSA) is 91.4 Å². The van der Waals surface area contributed by atoms with Crippen LogP contribution in [-0.2, 0) is 9.59 Å². The van der Waals surface area contributed by atoms with E-state index >= 15 is 0 Å². The molecule has 7 heteroatoms. The number of anilines is 1. The summed E-state index contributed by atoms with van der Waals surface area (Å²) in [7, 11) is 0. The van der Waals surface area contributed by atoms with Gasteiger partial charge in [-0.3, -0.25) is 19.8 Å². The molecule has 2 N–H and O–H groups in total. The predicted molar refractivity (Wildman–Crippen MR) is 90.0 cm³/mol. The first-order chi connectivity index (χ1) is 12.1. The van der Waals surface area contributed by atoms with Gasteiger partial charge in [0.1, 0.15) is 12.0 Å². The number of hydrogen-bond acceptors (Lipinski definition) is 4. The zero-order valence-electron chi connectivity index (χ0n) is 13.9. The van der Waals surface area contributed by atoms with Crippen LogP contribution < -0.4 is 10.6 Å². The maximum atomic E-state index is 12.8. The average Bonchev–Trinajstić information content (AvgIpc) is 2.90. The first-order valence-electron chi connectivity index (χ1n) is 8.60. The quantitative estimate of drug-likeness (QED) is 0.648. The molecule has 3 aliphatic carbocycles. The van der Waals surface area contributed by atoms with Crippen molar-refractivity contribution in [3.8, 4) is 0 Å². The summed E-state index contributed by atoms with van der Waals surface area (Å²) in [6.07, 6.45) is 6.94. The molecule has 130 valence electrons. The van der Waals surface area contributed by atoms with Crippen molar-refractivity contribution in [2.75, 3.05) is 5.32 Å². The van der Waals surface area contributed by atoms with Crippen LogP contribution in [0.4, 0.5) is 10.6 Å². The minimum Gasteiger partial charge on any atom is -0.317 e. The molecule has 0 spiro atoms. The maximum absolute atomic E-state index is 12.8. The molecule has 0 unspecified atom stereocenters. The summed E-state index contributed by atoms with van der Waals surface area (Å²) in [6.45, 7) is 1.65. The number of pyridine rings is 1. The van der Waals surface area contributed by atoms with Gasteiger partial charge in [-0.25, -0.2) is 9.78 Å². The van der Waals surface area contributed by atoms with Gasteiger partial charge in [-0.15, -0.1) is 0 Å². The highest BCUT2D eigenvalue weighted by molar-refractivity contribution is 6.06. The molecule has 1 saturated heterocycles. The van der Waals surface area contributed by atoms with Crippen LogP contribution in [0.1, 0.15) is 19.8 Å². The molecule has 2 bridgehead atoms. The van der Waals surface area contributed by atoms with E-state index in [0.29, 0.717) is 5.82 Å². The highest BCUT2D eigenvalue weighted by Gasteiger charge is 2.57. The summed E-state index contributed by atoms with van der Waals surface area (Å²) in [4.78, 5) is 43.0. The molecule has 1 aromatic rings. The molecule has 2 fully saturated rings. The van der Waals surface area contributed by atoms with Crippen molar-refractivity contribution in [3.63, 3.8) is 0 Å². The van der Waals surface area contributed by atoms with Gasteiger partial charge in [-0.05, 0) is 43.7 Å². The third kappa shape index (κ3) is 2.59. The normalized spacial score (nSPS) is 31.0. The lowest BCUT2D eigenvalue weighted by atomic mass is 9.63. The van der Waals surface area contributed by atoms with Gasteiger partial charge in [0, 0.05) is 6.20 Å². The second kappa shape index (κ2) is 5.98. The van der Waals surface area contributed by atoms with Gasteiger partial charge in [0.05, 0.1) is 11.8 Å². The van der Waals surface area contributed by atoms with E-state index in [9.17, 15) is 14.4 Å². The van der Waals surface area contributed by atoms with Crippen LogP contribution in [0.15, 0.2) is 36.5 Å². The minimum atomic E-state index is -0.700. The molecular weight excluding hydrogens is 320 g/mol. The first-order valence-corrected chi connectivity index (χ1v) is 8.60. The Hall–Kier alpha value is -2.70. The average molecular weight is 340 g/mol. The van der Waals surface area contributed by atoms with Gasteiger partial charge in [-0.2, -0.15) is 0 Å². The molecule has 5 atom stereocenters. The Kier molecular flexibility index (Phi) is 3.78. The van der Waals surface area contributed by atoms with Gasteiger partial charge < -0.3 is 5.32 Å². The number of likely N-dealkylation sites (tertiary alicyclic amines) is 1. The van der Waals surface area contributed by atoms with E-state index in [-0.39, 0.29) is 35.5 Å². The second-order valence-corrected chi connectivity index (χ2v) is 6.88. The molecule has 1 saturated carbocycles. The van der Waals surface area contributed by atoms with Crippen molar-refractivity contribution in [3.05, 3.63) is 36.5 Å². The summed E-state index contributed by atoms with van der Waals surface area (Å²) in [5, 5.41) is 5.26. The number of nitrogens with one attached hydrogen (secondary N) is 2. The number of carbonyl (C=O) groups excluding carboxylic acids is 3. The minimum absolute atomic E-state index is 0.144. The number of allylic oxidation sites excluding steroid dienone is 2. The van der Waals surface area contributed by atoms with Crippen molar-refractivity contribution in [2.45, 2.75) is 25.9 Å². The van der Waals surface area contributed by atoms with E-state index in [1.807, 2.05) is 0 Å². The Balaban J connectivity index is 1.46. The van der Waals surface area contributed by atoms with Crippen LogP contribution in [0.3, 0.4) is 0 Å². The summed E-state index contributed by atoms with van der Waals surface area (Å²) in [5.41, 5.74) is 0. The van der Waals surface area contributed by atoms with E-state index in [2.05, 4.69) is 27.8 Å². The Labute approximate surface area is 145 Å². The number of carbonyl (C=O) groups is 3. The number of fused-ring (bicyclic) bond motifs is 1. The van der Waals surface area contributed by atoms with Crippen LogP contribution in [0, 0.1) is 23.7 Å². The van der Waals surface area contributed by atoms with Gasteiger partial charge in [0.15, 0.2) is 0 Å². The highest BCUT2D eigenvalue weighted by Crippen LogP contribution is 2.49. The van der Waals surface area contributed by atoms with E-state index < -0.39 is 12.2 Å². The van der Waals surface area contributed by atoms with Gasteiger partial charge in [0.25, 0.3) is 0 Å². The zero-order valence-corrected chi connectivity index (χ0v) is 13.9. The van der Waals surface area contributed by atoms with E-state index in [4.69, 9.17) is 0 Å². The molecule has 25 heavy (non-hydrogen) atoms. The summed E-state index contributed by atoms with van der Waals surface area (Å²) in [6, 6.07) is 4.67. The van der Waals surface area contributed by atoms with Gasteiger partial charge in [-0.1, -0.05) is 18.2 Å². The molecule has 5 rings (SSSR count). The Morgan fingerprint density at radius 3 is 2.32 bits per heavy atom. The molecule has 0 radical (unpaired) electrons. The monoisotopic (exact) mass is 340 g/mol. The van der Waals surface area contributed by atoms with Crippen LogP contribution >= 0.6 is 0 Å². The van der Waals surface area contributed by atoms with E-state index in [1.165, 1.54) is 4.90 Å². The molecule has 4 amide bonds. The number of imide groups is 1. The smallest absolute Gasteiger partial charge is 0.317 e. The first kappa shape index (κ1) is 15.8. The number of hydrogen-bond donors (Lipinski definition) is 2.